The minimum atomic E-state index is -1.58. The van der Waals surface area contributed by atoms with Crippen LogP contribution in [0.4, 0.5) is 4.79 Å². The molecule has 20 nitrogen and oxygen atoms in total. The number of aromatic amines is 1. The van der Waals surface area contributed by atoms with Gasteiger partial charge in [-0.25, -0.2) is 14.4 Å². The third-order valence-corrected chi connectivity index (χ3v) is 7.81. The molecule has 1 fully saturated rings. The van der Waals surface area contributed by atoms with Crippen molar-refractivity contribution < 1.29 is 49.1 Å². The van der Waals surface area contributed by atoms with E-state index in [1.807, 2.05) is 4.98 Å². The van der Waals surface area contributed by atoms with E-state index in [0.717, 1.165) is 16.8 Å². The van der Waals surface area contributed by atoms with Gasteiger partial charge in [0.25, 0.3) is 5.56 Å². The molecule has 1 aromatic heterocycles. The fourth-order valence-electron chi connectivity index (χ4n) is 5.01. The van der Waals surface area contributed by atoms with Crippen LogP contribution in [-0.4, -0.2) is 122 Å². The summed E-state index contributed by atoms with van der Waals surface area (Å²) in [4.78, 5) is 86.8. The van der Waals surface area contributed by atoms with Crippen LogP contribution in [0.1, 0.15) is 59.1 Å². The van der Waals surface area contributed by atoms with Crippen molar-refractivity contribution >= 4 is 29.8 Å². The quantitative estimate of drug-likeness (QED) is 0.0589. The number of aliphatic hydroxyl groups excluding tert-OH is 2. The SMILES string of the molecule is CC(C)[C@H](NC(=O)N[C@@H](CCCCN)C(=O)N[C@@H](C)C(=O)NCCCN[C@@H](C[C@H]1O[C@@H](n2ccc(=O)[nH]c2=O)[C@H](O)[C@@H]1O)C(=O)O)C(=O)O. The first kappa shape index (κ1) is 40.8. The van der Waals surface area contributed by atoms with Crippen LogP contribution >= 0.6 is 0 Å². The number of aliphatic hydroxyl groups is 2. The standard InChI is InChI=1S/C29H48N8O12/c1-14(2)20(27(45)46)36-28(47)34-16(7-4-5-9-30)24(42)33-15(3)23(41)32-11-6-10-31-17(26(43)44)13-18-21(39)22(40)25(49-18)37-12-8-19(38)35-29(37)48/h8,12,14-18,20-22,25,31,39-40H,4-7,9-11,13,30H2,1-3H3,(H,32,41)(H,33,42)(H,43,44)(H,45,46)(H2,34,36,47)(H,35,38,48)/t15-,16-,17-,18+,20-,21+,22+,25+/m0/s1. The Morgan fingerprint density at radius 1 is 0.918 bits per heavy atom. The molecule has 1 aliphatic rings. The number of urea groups is 1. The molecule has 0 unspecified atom stereocenters. The van der Waals surface area contributed by atoms with Crippen molar-refractivity contribution in [2.75, 3.05) is 19.6 Å². The fourth-order valence-corrected chi connectivity index (χ4v) is 5.01. The minimum absolute atomic E-state index is 0.0865. The molecule has 2 heterocycles. The van der Waals surface area contributed by atoms with E-state index < -0.39 is 95.7 Å². The predicted molar refractivity (Wildman–Crippen MR) is 171 cm³/mol. The number of nitrogens with one attached hydrogen (secondary N) is 6. The van der Waals surface area contributed by atoms with Gasteiger partial charge >= 0.3 is 23.7 Å². The Labute approximate surface area is 281 Å². The summed E-state index contributed by atoms with van der Waals surface area (Å²) in [6, 6.07) is -4.34. The summed E-state index contributed by atoms with van der Waals surface area (Å²) in [6.07, 6.45) is -3.36. The van der Waals surface area contributed by atoms with Gasteiger partial charge in [0.05, 0.1) is 6.10 Å². The van der Waals surface area contributed by atoms with Gasteiger partial charge in [-0.05, 0) is 51.6 Å². The third-order valence-electron chi connectivity index (χ3n) is 7.81. The lowest BCUT2D eigenvalue weighted by molar-refractivity contribution is -0.141. The van der Waals surface area contributed by atoms with E-state index in [2.05, 4.69) is 26.6 Å². The molecule has 2 rings (SSSR count). The summed E-state index contributed by atoms with van der Waals surface area (Å²) in [5.74, 6) is -4.14. The molecule has 0 aliphatic carbocycles. The summed E-state index contributed by atoms with van der Waals surface area (Å²) in [5, 5.41) is 52.6. The zero-order valence-electron chi connectivity index (χ0n) is 27.6. The Bertz CT molecular complexity index is 1400. The van der Waals surface area contributed by atoms with Gasteiger partial charge in [-0.2, -0.15) is 0 Å². The number of aliphatic carboxylic acids is 2. The molecule has 12 N–H and O–H groups in total. The number of carbonyl (C=O) groups is 5. The van der Waals surface area contributed by atoms with Gasteiger partial charge in [0.15, 0.2) is 6.23 Å². The molecule has 49 heavy (non-hydrogen) atoms. The average molecular weight is 701 g/mol. The number of nitrogens with two attached hydrogens (primary N) is 1. The highest BCUT2D eigenvalue weighted by atomic mass is 16.6. The number of unbranched alkanes of at least 4 members (excludes halogenated alkanes) is 1. The molecule has 0 saturated carbocycles. The van der Waals surface area contributed by atoms with Gasteiger partial charge < -0.3 is 57.5 Å². The molecule has 276 valence electrons. The number of ether oxygens (including phenoxy) is 1. The first-order valence-corrected chi connectivity index (χ1v) is 15.9. The van der Waals surface area contributed by atoms with Crippen LogP contribution in [0.5, 0.6) is 0 Å². The van der Waals surface area contributed by atoms with Crippen LogP contribution in [0.2, 0.25) is 0 Å². The van der Waals surface area contributed by atoms with E-state index in [4.69, 9.17) is 10.5 Å². The summed E-state index contributed by atoms with van der Waals surface area (Å²) in [6.45, 7) is 5.21. The molecule has 20 heteroatoms. The number of amides is 4. The van der Waals surface area contributed by atoms with Gasteiger partial charge in [-0.15, -0.1) is 0 Å². The van der Waals surface area contributed by atoms with E-state index in [1.165, 1.54) is 6.92 Å². The lowest BCUT2D eigenvalue weighted by atomic mass is 10.0. The molecule has 4 amide bonds. The number of hydrogen-bond donors (Lipinski definition) is 11. The van der Waals surface area contributed by atoms with Crippen molar-refractivity contribution in [1.82, 2.24) is 36.1 Å². The van der Waals surface area contributed by atoms with Crippen molar-refractivity contribution in [2.45, 2.75) is 102 Å². The number of H-pyrrole nitrogens is 1. The second kappa shape index (κ2) is 19.6. The Hall–Kier alpha value is -4.37. The zero-order chi connectivity index (χ0) is 36.8. The van der Waals surface area contributed by atoms with Gasteiger partial charge in [0, 0.05) is 25.2 Å². The molecule has 1 aliphatic heterocycles. The van der Waals surface area contributed by atoms with Gasteiger partial charge in [-0.3, -0.25) is 28.7 Å². The number of nitrogens with zero attached hydrogens (tertiary/aromatic N) is 1. The summed E-state index contributed by atoms with van der Waals surface area (Å²) in [5.41, 5.74) is 3.97. The smallest absolute Gasteiger partial charge is 0.330 e. The highest BCUT2D eigenvalue weighted by Gasteiger charge is 2.45. The molecular formula is C29H48N8O12. The van der Waals surface area contributed by atoms with E-state index in [1.54, 1.807) is 13.8 Å². The minimum Gasteiger partial charge on any atom is -0.480 e. The van der Waals surface area contributed by atoms with Gasteiger partial charge in [0.2, 0.25) is 11.8 Å². The highest BCUT2D eigenvalue weighted by Crippen LogP contribution is 2.30. The van der Waals surface area contributed by atoms with Crippen molar-refractivity contribution in [3.63, 3.8) is 0 Å². The normalized spacial score (nSPS) is 21.3. The predicted octanol–water partition coefficient (Wildman–Crippen LogP) is -3.49. The Balaban J connectivity index is 1.85. The lowest BCUT2D eigenvalue weighted by Gasteiger charge is -2.23. The van der Waals surface area contributed by atoms with Crippen molar-refractivity contribution in [3.05, 3.63) is 33.1 Å². The van der Waals surface area contributed by atoms with Crippen LogP contribution in [-0.2, 0) is 23.9 Å². The zero-order valence-corrected chi connectivity index (χ0v) is 27.6. The van der Waals surface area contributed by atoms with Crippen LogP contribution in [0.15, 0.2) is 21.9 Å². The number of aromatic nitrogens is 2. The maximum Gasteiger partial charge on any atom is 0.330 e. The first-order chi connectivity index (χ1) is 23.1. The summed E-state index contributed by atoms with van der Waals surface area (Å²) < 4.78 is 6.46. The van der Waals surface area contributed by atoms with E-state index >= 15 is 0 Å². The first-order valence-electron chi connectivity index (χ1n) is 15.9. The number of carboxylic acids is 2. The average Bonchev–Trinajstić information content (AvgIpc) is 3.30. The molecular weight excluding hydrogens is 652 g/mol. The van der Waals surface area contributed by atoms with Gasteiger partial charge in [0.1, 0.15) is 36.4 Å². The molecule has 8 atom stereocenters. The maximum atomic E-state index is 13.0. The molecule has 0 spiro atoms. The number of rotatable bonds is 20. The van der Waals surface area contributed by atoms with Crippen molar-refractivity contribution in [2.24, 2.45) is 11.7 Å². The molecule has 1 saturated heterocycles. The van der Waals surface area contributed by atoms with E-state index in [9.17, 15) is 54.0 Å². The van der Waals surface area contributed by atoms with Crippen LogP contribution < -0.4 is 43.6 Å². The third kappa shape index (κ3) is 12.5. The van der Waals surface area contributed by atoms with E-state index in [0.29, 0.717) is 19.4 Å². The molecule has 0 aromatic carbocycles. The van der Waals surface area contributed by atoms with Crippen LogP contribution in [0.25, 0.3) is 0 Å². The van der Waals surface area contributed by atoms with Gasteiger partial charge in [-0.1, -0.05) is 13.8 Å². The number of carbonyl (C=O) groups excluding carboxylic acids is 3. The van der Waals surface area contributed by atoms with Crippen LogP contribution in [0, 0.1) is 5.92 Å². The van der Waals surface area contributed by atoms with E-state index in [-0.39, 0.29) is 32.4 Å². The maximum absolute atomic E-state index is 13.0. The highest BCUT2D eigenvalue weighted by molar-refractivity contribution is 5.92. The van der Waals surface area contributed by atoms with Crippen molar-refractivity contribution in [3.8, 4) is 0 Å². The Kier molecular flexibility index (Phi) is 16.3. The van der Waals surface area contributed by atoms with Crippen molar-refractivity contribution in [1.29, 1.82) is 0 Å². The summed E-state index contributed by atoms with van der Waals surface area (Å²) in [7, 11) is 0. The lowest BCUT2D eigenvalue weighted by Crippen LogP contribution is -2.56. The Morgan fingerprint density at radius 2 is 1.61 bits per heavy atom. The fraction of sp³-hybridized carbons (Fsp3) is 0.690. The largest absolute Gasteiger partial charge is 0.480 e. The number of carboxylic acid groups (broad SMARTS) is 2. The second-order valence-electron chi connectivity index (χ2n) is 12.0. The molecule has 1 aromatic rings. The topological polar surface area (TPSA) is 317 Å². The Morgan fingerprint density at radius 3 is 2.20 bits per heavy atom. The monoisotopic (exact) mass is 700 g/mol. The molecule has 0 radical (unpaired) electrons. The second-order valence-corrected chi connectivity index (χ2v) is 12.0. The number of hydrogen-bond acceptors (Lipinski definition) is 12. The molecule has 0 bridgehead atoms. The van der Waals surface area contributed by atoms with Crippen LogP contribution in [0.3, 0.4) is 0 Å². The summed E-state index contributed by atoms with van der Waals surface area (Å²) >= 11 is 0.